The number of benzene rings is 2. The van der Waals surface area contributed by atoms with Gasteiger partial charge in [-0.25, -0.2) is 0 Å². The minimum atomic E-state index is -4.41. The van der Waals surface area contributed by atoms with Crippen molar-refractivity contribution >= 4 is 23.1 Å². The van der Waals surface area contributed by atoms with Crippen LogP contribution in [-0.2, 0) is 22.2 Å². The fourth-order valence-electron chi connectivity index (χ4n) is 5.11. The minimum Gasteiger partial charge on any atom is -0.390 e. The molecule has 3 atom stereocenters. The number of piperidine rings is 1. The maximum atomic E-state index is 13.2. The molecule has 0 bridgehead atoms. The van der Waals surface area contributed by atoms with Crippen LogP contribution in [0.3, 0.4) is 0 Å². The molecule has 36 heavy (non-hydrogen) atoms. The lowest BCUT2D eigenvalue weighted by Gasteiger charge is -2.32. The summed E-state index contributed by atoms with van der Waals surface area (Å²) < 4.78 is 38.2. The van der Waals surface area contributed by atoms with Gasteiger partial charge < -0.3 is 19.8 Å². The van der Waals surface area contributed by atoms with Gasteiger partial charge >= 0.3 is 6.18 Å². The van der Waals surface area contributed by atoms with Gasteiger partial charge in [0, 0.05) is 49.8 Å². The number of alkyl halides is 3. The molecule has 2 aliphatic heterocycles. The molecule has 0 aliphatic carbocycles. The van der Waals surface area contributed by atoms with Crippen molar-refractivity contribution in [2.24, 2.45) is 5.92 Å². The number of aliphatic hydroxyl groups excluding tert-OH is 1. The quantitative estimate of drug-likeness (QED) is 0.624. The Kier molecular flexibility index (Phi) is 7.70. The highest BCUT2D eigenvalue weighted by molar-refractivity contribution is 5.98. The highest BCUT2D eigenvalue weighted by Crippen LogP contribution is 2.31. The molecular formula is C27H32F3N3O3. The Morgan fingerprint density at radius 3 is 2.25 bits per heavy atom. The summed E-state index contributed by atoms with van der Waals surface area (Å²) >= 11 is 0. The molecule has 2 fully saturated rings. The van der Waals surface area contributed by atoms with E-state index in [-0.39, 0.29) is 30.6 Å². The third kappa shape index (κ3) is 5.90. The molecule has 9 heteroatoms. The van der Waals surface area contributed by atoms with Crippen molar-refractivity contribution in [3.05, 3.63) is 59.7 Å². The number of nitrogens with zero attached hydrogens (tertiary/aromatic N) is 3. The summed E-state index contributed by atoms with van der Waals surface area (Å²) in [6, 6.07) is 12.3. The molecule has 2 heterocycles. The van der Waals surface area contributed by atoms with Crippen molar-refractivity contribution in [1.82, 2.24) is 4.90 Å². The molecular weight excluding hydrogens is 471 g/mol. The first-order chi connectivity index (χ1) is 17.0. The number of carbonyl (C=O) groups is 2. The summed E-state index contributed by atoms with van der Waals surface area (Å²) in [5.41, 5.74) is 1.51. The average Bonchev–Trinajstić information content (AvgIpc) is 3.22. The number of halogens is 3. The Bertz CT molecular complexity index is 1070. The van der Waals surface area contributed by atoms with Gasteiger partial charge in [0.25, 0.3) is 0 Å². The number of hydrogen-bond acceptors (Lipinski definition) is 5. The maximum Gasteiger partial charge on any atom is 0.416 e. The largest absolute Gasteiger partial charge is 0.416 e. The molecule has 6 nitrogen and oxygen atoms in total. The number of aliphatic hydroxyl groups is 1. The van der Waals surface area contributed by atoms with Crippen LogP contribution in [0, 0.1) is 5.92 Å². The van der Waals surface area contributed by atoms with E-state index in [4.69, 9.17) is 0 Å². The van der Waals surface area contributed by atoms with E-state index >= 15 is 0 Å². The fourth-order valence-corrected chi connectivity index (χ4v) is 5.11. The Labute approximate surface area is 209 Å². The monoisotopic (exact) mass is 503 g/mol. The molecule has 1 N–H and O–H groups in total. The zero-order chi connectivity index (χ0) is 26.0. The lowest BCUT2D eigenvalue weighted by atomic mass is 9.90. The number of β-amino-alcohol motifs (C(OH)–C–C–N with tert-alkyl or cyclic N) is 1. The first kappa shape index (κ1) is 26.2. The molecule has 194 valence electrons. The second-order valence-corrected chi connectivity index (χ2v) is 9.96. The average molecular weight is 504 g/mol. The lowest BCUT2D eigenvalue weighted by Crippen LogP contribution is -2.42. The van der Waals surface area contributed by atoms with Crippen LogP contribution in [0.4, 0.5) is 24.5 Å². The standard InChI is InChI=1S/C27H32F3N3O3/c1-31(2)24-16-32(17-25(24)35)21-9-11-22(12-10-21)33-13-3-4-19(26(33)36)15-23(34)14-18-5-7-20(8-6-18)27(28,29)30/h5-12,19,24-25,35H,3-4,13-17H2,1-2H3/t19-,24?,25?/m0/s1. The van der Waals surface area contributed by atoms with Crippen LogP contribution < -0.4 is 9.80 Å². The molecule has 0 aromatic heterocycles. The van der Waals surface area contributed by atoms with Crippen LogP contribution in [0.1, 0.15) is 30.4 Å². The summed E-state index contributed by atoms with van der Waals surface area (Å²) in [5, 5.41) is 10.3. The number of likely N-dealkylation sites (N-methyl/N-ethyl adjacent to an activating group) is 1. The second-order valence-electron chi connectivity index (χ2n) is 9.96. The zero-order valence-electron chi connectivity index (χ0n) is 20.5. The van der Waals surface area contributed by atoms with Crippen LogP contribution in [0.25, 0.3) is 0 Å². The Balaban J connectivity index is 1.35. The number of amides is 1. The zero-order valence-corrected chi connectivity index (χ0v) is 20.5. The second kappa shape index (κ2) is 10.6. The molecule has 2 aliphatic rings. The first-order valence-corrected chi connectivity index (χ1v) is 12.2. The summed E-state index contributed by atoms with van der Waals surface area (Å²) in [6.45, 7) is 1.85. The Morgan fingerprint density at radius 2 is 1.67 bits per heavy atom. The summed E-state index contributed by atoms with van der Waals surface area (Å²) in [7, 11) is 3.90. The molecule has 2 unspecified atom stereocenters. The Hall–Kier alpha value is -2.91. The number of ketones is 1. The molecule has 2 saturated heterocycles. The smallest absolute Gasteiger partial charge is 0.390 e. The van der Waals surface area contributed by atoms with Gasteiger partial charge in [0.1, 0.15) is 5.78 Å². The van der Waals surface area contributed by atoms with Crippen LogP contribution in [0.15, 0.2) is 48.5 Å². The van der Waals surface area contributed by atoms with Crippen molar-refractivity contribution < 1.29 is 27.9 Å². The third-order valence-electron chi connectivity index (χ3n) is 7.16. The van der Waals surface area contributed by atoms with E-state index < -0.39 is 23.8 Å². The van der Waals surface area contributed by atoms with Crippen molar-refractivity contribution in [2.75, 3.05) is 43.5 Å². The van der Waals surface area contributed by atoms with Gasteiger partial charge in [-0.05, 0) is 68.9 Å². The van der Waals surface area contributed by atoms with Gasteiger partial charge in [0.05, 0.1) is 17.7 Å². The topological polar surface area (TPSA) is 64.1 Å². The number of hydrogen-bond donors (Lipinski definition) is 1. The summed E-state index contributed by atoms with van der Waals surface area (Å²) in [6.07, 6.45) is -3.37. The molecule has 0 radical (unpaired) electrons. The predicted octanol–water partition coefficient (Wildman–Crippen LogP) is 3.76. The van der Waals surface area contributed by atoms with E-state index in [9.17, 15) is 27.9 Å². The first-order valence-electron chi connectivity index (χ1n) is 12.2. The van der Waals surface area contributed by atoms with Crippen molar-refractivity contribution in [2.45, 2.75) is 44.0 Å². The van der Waals surface area contributed by atoms with E-state index in [1.165, 1.54) is 12.1 Å². The van der Waals surface area contributed by atoms with Gasteiger partial charge in [-0.15, -0.1) is 0 Å². The van der Waals surface area contributed by atoms with Crippen molar-refractivity contribution in [3.63, 3.8) is 0 Å². The number of Topliss-reactive ketones (excluding diaryl/α,β-unsaturated/α-hetero) is 1. The highest BCUT2D eigenvalue weighted by Gasteiger charge is 2.34. The minimum absolute atomic E-state index is 0.00619. The van der Waals surface area contributed by atoms with Gasteiger partial charge in [0.15, 0.2) is 0 Å². The van der Waals surface area contributed by atoms with Gasteiger partial charge in [-0.3, -0.25) is 9.59 Å². The lowest BCUT2D eigenvalue weighted by molar-refractivity contribution is -0.137. The number of anilines is 2. The van der Waals surface area contributed by atoms with E-state index in [1.54, 1.807) is 4.90 Å². The van der Waals surface area contributed by atoms with Crippen molar-refractivity contribution in [3.8, 4) is 0 Å². The number of rotatable bonds is 7. The van der Waals surface area contributed by atoms with Crippen LogP contribution in [0.5, 0.6) is 0 Å². The molecule has 4 rings (SSSR count). The maximum absolute atomic E-state index is 13.2. The van der Waals surface area contributed by atoms with E-state index in [0.29, 0.717) is 25.1 Å². The molecule has 0 spiro atoms. The molecule has 1 amide bonds. The van der Waals surface area contributed by atoms with Crippen molar-refractivity contribution in [1.29, 1.82) is 0 Å². The van der Waals surface area contributed by atoms with E-state index in [2.05, 4.69) is 4.90 Å². The molecule has 0 saturated carbocycles. The SMILES string of the molecule is CN(C)C1CN(c2ccc(N3CCC[C@@H](CC(=O)Cc4ccc(C(F)(F)F)cc4)C3=O)cc2)CC1O. The highest BCUT2D eigenvalue weighted by atomic mass is 19.4. The Morgan fingerprint density at radius 1 is 1.03 bits per heavy atom. The molecule has 2 aromatic carbocycles. The van der Waals surface area contributed by atoms with E-state index in [0.717, 1.165) is 36.5 Å². The summed E-state index contributed by atoms with van der Waals surface area (Å²) in [5.74, 6) is -0.692. The number of carbonyl (C=O) groups excluding carboxylic acids is 2. The summed E-state index contributed by atoms with van der Waals surface area (Å²) in [4.78, 5) is 31.6. The van der Waals surface area contributed by atoms with Gasteiger partial charge in [-0.1, -0.05) is 12.1 Å². The normalized spacial score (nSPS) is 23.0. The van der Waals surface area contributed by atoms with Gasteiger partial charge in [-0.2, -0.15) is 13.2 Å². The fraction of sp³-hybridized carbons (Fsp3) is 0.481. The van der Waals surface area contributed by atoms with Crippen LogP contribution in [0.2, 0.25) is 0 Å². The van der Waals surface area contributed by atoms with Crippen LogP contribution >= 0.6 is 0 Å². The molecule has 2 aromatic rings. The van der Waals surface area contributed by atoms with Gasteiger partial charge in [0.2, 0.25) is 5.91 Å². The van der Waals surface area contributed by atoms with Crippen LogP contribution in [-0.4, -0.2) is 67.6 Å². The third-order valence-corrected chi connectivity index (χ3v) is 7.16. The van der Waals surface area contributed by atoms with E-state index in [1.807, 2.05) is 43.3 Å². The predicted molar refractivity (Wildman–Crippen MR) is 132 cm³/mol.